The van der Waals surface area contributed by atoms with Crippen LogP contribution in [0.5, 0.6) is 11.5 Å². The van der Waals surface area contributed by atoms with Gasteiger partial charge in [0.05, 0.1) is 19.9 Å². The number of aromatic nitrogens is 4. The Labute approximate surface area is 186 Å². The van der Waals surface area contributed by atoms with E-state index in [2.05, 4.69) is 20.4 Å². The maximum absolute atomic E-state index is 12.7. The fraction of sp³-hybridized carbons (Fsp3) is 0.391. The van der Waals surface area contributed by atoms with Gasteiger partial charge in [0.15, 0.2) is 23.1 Å². The Balaban J connectivity index is 1.54. The molecule has 1 amide bonds. The van der Waals surface area contributed by atoms with Crippen molar-refractivity contribution >= 4 is 17.5 Å². The van der Waals surface area contributed by atoms with Crippen LogP contribution in [0.4, 0.5) is 11.6 Å². The van der Waals surface area contributed by atoms with E-state index in [9.17, 15) is 4.79 Å². The predicted octanol–water partition coefficient (Wildman–Crippen LogP) is 3.06. The van der Waals surface area contributed by atoms with Crippen molar-refractivity contribution in [3.05, 3.63) is 47.2 Å². The van der Waals surface area contributed by atoms with Crippen LogP contribution in [-0.2, 0) is 4.79 Å². The first-order valence-electron chi connectivity index (χ1n) is 10.8. The third-order valence-electron chi connectivity index (χ3n) is 6.20. The highest BCUT2D eigenvalue weighted by Gasteiger charge is 2.33. The summed E-state index contributed by atoms with van der Waals surface area (Å²) in [6.45, 7) is 3.97. The van der Waals surface area contributed by atoms with Crippen molar-refractivity contribution < 1.29 is 14.3 Å². The van der Waals surface area contributed by atoms with Crippen molar-refractivity contribution in [1.29, 1.82) is 0 Å². The predicted molar refractivity (Wildman–Crippen MR) is 120 cm³/mol. The summed E-state index contributed by atoms with van der Waals surface area (Å²) in [6, 6.07) is 9.62. The molecule has 32 heavy (non-hydrogen) atoms. The molecule has 1 fully saturated rings. The molecule has 0 radical (unpaired) electrons. The summed E-state index contributed by atoms with van der Waals surface area (Å²) in [4.78, 5) is 14.9. The summed E-state index contributed by atoms with van der Waals surface area (Å²) < 4.78 is 12.5. The molecule has 9 heteroatoms. The molecule has 0 aliphatic carbocycles. The number of carbonyl (C=O) groups excluding carboxylic acids is 1. The molecule has 0 bridgehead atoms. The number of rotatable bonds is 5. The SMILES string of the molecule is COc1ccc([C@H]2CC(=O)Nc3c2c(C)nn3-c2ccc(N3CCCC3)nn2)cc1OC. The van der Waals surface area contributed by atoms with E-state index in [1.54, 1.807) is 18.9 Å². The third-order valence-corrected chi connectivity index (χ3v) is 6.20. The lowest BCUT2D eigenvalue weighted by atomic mass is 9.85. The normalized spacial score (nSPS) is 17.8. The van der Waals surface area contributed by atoms with Crippen LogP contribution < -0.4 is 19.7 Å². The molecule has 1 atom stereocenters. The number of benzene rings is 1. The highest BCUT2D eigenvalue weighted by molar-refractivity contribution is 5.95. The molecule has 5 rings (SSSR count). The number of hydrogen-bond donors (Lipinski definition) is 1. The molecule has 2 aliphatic rings. The van der Waals surface area contributed by atoms with Crippen molar-refractivity contribution in [1.82, 2.24) is 20.0 Å². The zero-order valence-corrected chi connectivity index (χ0v) is 18.5. The smallest absolute Gasteiger partial charge is 0.226 e. The number of hydrogen-bond acceptors (Lipinski definition) is 7. The Hall–Kier alpha value is -3.62. The van der Waals surface area contributed by atoms with E-state index < -0.39 is 0 Å². The molecule has 2 aliphatic heterocycles. The summed E-state index contributed by atoms with van der Waals surface area (Å²) in [7, 11) is 3.21. The van der Waals surface area contributed by atoms with Gasteiger partial charge in [0.1, 0.15) is 5.82 Å². The molecule has 0 unspecified atom stereocenters. The lowest BCUT2D eigenvalue weighted by molar-refractivity contribution is -0.116. The molecule has 1 saturated heterocycles. The van der Waals surface area contributed by atoms with Gasteiger partial charge in [-0.15, -0.1) is 10.2 Å². The van der Waals surface area contributed by atoms with Gasteiger partial charge >= 0.3 is 0 Å². The lowest BCUT2D eigenvalue weighted by Crippen LogP contribution is -2.25. The number of carbonyl (C=O) groups is 1. The van der Waals surface area contributed by atoms with Gasteiger partial charge in [-0.1, -0.05) is 6.07 Å². The van der Waals surface area contributed by atoms with Crippen LogP contribution >= 0.6 is 0 Å². The molecule has 1 N–H and O–H groups in total. The molecule has 3 aromatic rings. The van der Waals surface area contributed by atoms with Crippen molar-refractivity contribution in [2.45, 2.75) is 32.1 Å². The molecule has 0 spiro atoms. The zero-order chi connectivity index (χ0) is 22.2. The van der Waals surface area contributed by atoms with Crippen molar-refractivity contribution in [3.8, 4) is 17.3 Å². The highest BCUT2D eigenvalue weighted by atomic mass is 16.5. The number of methoxy groups -OCH3 is 2. The lowest BCUT2D eigenvalue weighted by Gasteiger charge is -2.25. The van der Waals surface area contributed by atoms with Gasteiger partial charge in [0.2, 0.25) is 5.91 Å². The average molecular weight is 435 g/mol. The number of amides is 1. The Morgan fingerprint density at radius 1 is 1.00 bits per heavy atom. The number of ether oxygens (including phenoxy) is 2. The zero-order valence-electron chi connectivity index (χ0n) is 18.5. The Morgan fingerprint density at radius 2 is 1.72 bits per heavy atom. The second-order valence-electron chi connectivity index (χ2n) is 8.12. The molecular weight excluding hydrogens is 408 g/mol. The second kappa shape index (κ2) is 8.14. The monoisotopic (exact) mass is 434 g/mol. The van der Waals surface area contributed by atoms with E-state index in [-0.39, 0.29) is 11.8 Å². The topological polar surface area (TPSA) is 94.4 Å². The van der Waals surface area contributed by atoms with Gasteiger partial charge in [0, 0.05) is 31.0 Å². The number of fused-ring (bicyclic) bond motifs is 1. The van der Waals surface area contributed by atoms with Gasteiger partial charge < -0.3 is 19.7 Å². The standard InChI is InChI=1S/C23H26N6O3/c1-14-22-16(15-6-7-17(31-2)18(12-15)32-3)13-21(30)24-23(22)29(27-14)20-9-8-19(25-26-20)28-10-4-5-11-28/h6-9,12,16H,4-5,10-11,13H2,1-3H3,(H,24,30)/t16-/m1/s1. The largest absolute Gasteiger partial charge is 0.493 e. The van der Waals surface area contributed by atoms with Crippen molar-refractivity contribution in [2.24, 2.45) is 0 Å². The minimum Gasteiger partial charge on any atom is -0.493 e. The highest BCUT2D eigenvalue weighted by Crippen LogP contribution is 2.42. The molecule has 1 aromatic carbocycles. The molecule has 166 valence electrons. The quantitative estimate of drug-likeness (QED) is 0.659. The number of anilines is 2. The number of aryl methyl sites for hydroxylation is 1. The minimum absolute atomic E-state index is 0.0694. The van der Waals surface area contributed by atoms with E-state index >= 15 is 0 Å². The van der Waals surface area contributed by atoms with Crippen LogP contribution in [0.15, 0.2) is 30.3 Å². The Bertz CT molecular complexity index is 1150. The van der Waals surface area contributed by atoms with Crippen LogP contribution in [0.3, 0.4) is 0 Å². The van der Waals surface area contributed by atoms with Crippen LogP contribution in [0.2, 0.25) is 0 Å². The Morgan fingerprint density at radius 3 is 2.41 bits per heavy atom. The molecule has 0 saturated carbocycles. The number of nitrogens with zero attached hydrogens (tertiary/aromatic N) is 5. The van der Waals surface area contributed by atoms with Crippen LogP contribution in [0, 0.1) is 6.92 Å². The summed E-state index contributed by atoms with van der Waals surface area (Å²) >= 11 is 0. The van der Waals surface area contributed by atoms with Crippen LogP contribution in [-0.4, -0.2) is 53.2 Å². The van der Waals surface area contributed by atoms with Gasteiger partial charge in [-0.25, -0.2) is 0 Å². The first kappa shape index (κ1) is 20.3. The third kappa shape index (κ3) is 3.43. The molecule has 9 nitrogen and oxygen atoms in total. The van der Waals surface area contributed by atoms with Gasteiger partial charge in [0.25, 0.3) is 0 Å². The van der Waals surface area contributed by atoms with E-state index in [1.807, 2.05) is 37.3 Å². The summed E-state index contributed by atoms with van der Waals surface area (Å²) in [5.41, 5.74) is 2.78. The van der Waals surface area contributed by atoms with E-state index in [0.717, 1.165) is 35.7 Å². The summed E-state index contributed by atoms with van der Waals surface area (Å²) in [6.07, 6.45) is 2.69. The fourth-order valence-corrected chi connectivity index (χ4v) is 4.61. The van der Waals surface area contributed by atoms with Gasteiger partial charge in [-0.2, -0.15) is 9.78 Å². The maximum Gasteiger partial charge on any atom is 0.226 e. The van der Waals surface area contributed by atoms with Crippen LogP contribution in [0.1, 0.15) is 42.0 Å². The molecule has 4 heterocycles. The maximum atomic E-state index is 12.7. The van der Waals surface area contributed by atoms with Crippen LogP contribution in [0.25, 0.3) is 5.82 Å². The van der Waals surface area contributed by atoms with E-state index in [1.165, 1.54) is 12.8 Å². The van der Waals surface area contributed by atoms with Crippen molar-refractivity contribution in [3.63, 3.8) is 0 Å². The first-order chi connectivity index (χ1) is 15.6. The van der Waals surface area contributed by atoms with E-state index in [4.69, 9.17) is 14.6 Å². The summed E-state index contributed by atoms with van der Waals surface area (Å²) in [5, 5.41) is 16.5. The molecule has 2 aromatic heterocycles. The van der Waals surface area contributed by atoms with E-state index in [0.29, 0.717) is 29.6 Å². The second-order valence-corrected chi connectivity index (χ2v) is 8.12. The van der Waals surface area contributed by atoms with Gasteiger partial charge in [-0.05, 0) is 49.6 Å². The number of nitrogens with one attached hydrogen (secondary N) is 1. The first-order valence-corrected chi connectivity index (χ1v) is 10.8. The van der Waals surface area contributed by atoms with Crippen molar-refractivity contribution in [2.75, 3.05) is 37.5 Å². The fourth-order valence-electron chi connectivity index (χ4n) is 4.61. The Kier molecular flexibility index (Phi) is 5.16. The minimum atomic E-state index is -0.149. The summed E-state index contributed by atoms with van der Waals surface area (Å²) in [5.74, 6) is 3.15. The average Bonchev–Trinajstić information content (AvgIpc) is 3.47. The van der Waals surface area contributed by atoms with Gasteiger partial charge in [-0.3, -0.25) is 4.79 Å². The molecular formula is C23H26N6O3.